The molecule has 1 aliphatic heterocycles. The van der Waals surface area contributed by atoms with Gasteiger partial charge in [-0.3, -0.25) is 9.59 Å². The zero-order chi connectivity index (χ0) is 19.5. The Kier molecular flexibility index (Phi) is 6.08. The van der Waals surface area contributed by atoms with E-state index in [1.807, 2.05) is 6.92 Å². The smallest absolute Gasteiger partial charge is 0.311 e. The second-order valence-corrected chi connectivity index (χ2v) is 8.87. The first-order valence-electron chi connectivity index (χ1n) is 8.74. The van der Waals surface area contributed by atoms with E-state index in [0.29, 0.717) is 31.4 Å². The molecule has 0 aliphatic carbocycles. The fraction of sp³-hybridized carbons (Fsp3) is 0.556. The fourth-order valence-electron chi connectivity index (χ4n) is 2.96. The lowest BCUT2D eigenvalue weighted by atomic mass is 9.82. The van der Waals surface area contributed by atoms with Crippen molar-refractivity contribution in [2.75, 3.05) is 13.1 Å². The summed E-state index contributed by atoms with van der Waals surface area (Å²) in [6, 6.07) is 5.57. The number of likely N-dealkylation sites (tertiary alicyclic amines) is 1. The number of rotatable bonds is 6. The molecule has 1 heterocycles. The van der Waals surface area contributed by atoms with Gasteiger partial charge in [-0.15, -0.1) is 0 Å². The minimum atomic E-state index is -3.62. The summed E-state index contributed by atoms with van der Waals surface area (Å²) >= 11 is 0. The molecule has 2 N–H and O–H groups in total. The van der Waals surface area contributed by atoms with Crippen molar-refractivity contribution in [3.05, 3.63) is 29.8 Å². The SMILES string of the molecule is CCC(C)NS(=O)(=O)c1ccc(C(=O)N2CCCC(C)(C(=O)O)C2)cc1. The van der Waals surface area contributed by atoms with Crippen LogP contribution >= 0.6 is 0 Å². The van der Waals surface area contributed by atoms with Crippen molar-refractivity contribution < 1.29 is 23.1 Å². The largest absolute Gasteiger partial charge is 0.481 e. The molecule has 2 unspecified atom stereocenters. The number of hydrogen-bond acceptors (Lipinski definition) is 4. The Bertz CT molecular complexity index is 775. The van der Waals surface area contributed by atoms with Gasteiger partial charge in [-0.2, -0.15) is 0 Å². The Morgan fingerprint density at radius 1 is 1.31 bits per heavy atom. The molecule has 1 amide bonds. The molecule has 1 saturated heterocycles. The van der Waals surface area contributed by atoms with Gasteiger partial charge in [0.25, 0.3) is 5.91 Å². The van der Waals surface area contributed by atoms with Crippen LogP contribution in [0.5, 0.6) is 0 Å². The average molecular weight is 382 g/mol. The van der Waals surface area contributed by atoms with Gasteiger partial charge in [0.1, 0.15) is 0 Å². The maximum absolute atomic E-state index is 12.7. The van der Waals surface area contributed by atoms with Gasteiger partial charge >= 0.3 is 5.97 Å². The number of hydrogen-bond donors (Lipinski definition) is 2. The van der Waals surface area contributed by atoms with E-state index in [4.69, 9.17) is 0 Å². The van der Waals surface area contributed by atoms with Crippen molar-refractivity contribution >= 4 is 21.9 Å². The number of nitrogens with zero attached hydrogens (tertiary/aromatic N) is 1. The Hall–Kier alpha value is -1.93. The zero-order valence-electron chi connectivity index (χ0n) is 15.4. The van der Waals surface area contributed by atoms with Gasteiger partial charge in [-0.25, -0.2) is 13.1 Å². The summed E-state index contributed by atoms with van der Waals surface area (Å²) in [4.78, 5) is 25.7. The summed E-state index contributed by atoms with van der Waals surface area (Å²) in [5.74, 6) is -1.19. The van der Waals surface area contributed by atoms with Gasteiger partial charge in [-0.05, 0) is 57.4 Å². The summed E-state index contributed by atoms with van der Waals surface area (Å²) in [5, 5.41) is 9.37. The predicted molar refractivity (Wildman–Crippen MR) is 97.4 cm³/mol. The highest BCUT2D eigenvalue weighted by atomic mass is 32.2. The maximum atomic E-state index is 12.7. The molecular formula is C18H26N2O5S. The summed E-state index contributed by atoms with van der Waals surface area (Å²) in [7, 11) is -3.62. The standard InChI is InChI=1S/C18H26N2O5S/c1-4-13(2)19-26(24,25)15-8-6-14(7-9-15)16(21)20-11-5-10-18(3,12-20)17(22)23/h6-9,13,19H,4-5,10-12H2,1-3H3,(H,22,23). The minimum Gasteiger partial charge on any atom is -0.481 e. The lowest BCUT2D eigenvalue weighted by Crippen LogP contribution is -2.48. The summed E-state index contributed by atoms with van der Waals surface area (Å²) in [6.45, 7) is 5.96. The van der Waals surface area contributed by atoms with E-state index in [1.165, 1.54) is 29.2 Å². The topological polar surface area (TPSA) is 104 Å². The fourth-order valence-corrected chi connectivity index (χ4v) is 4.29. The Labute approximate surface area is 154 Å². The van der Waals surface area contributed by atoms with Crippen LogP contribution in [0.1, 0.15) is 50.4 Å². The highest BCUT2D eigenvalue weighted by Crippen LogP contribution is 2.30. The molecule has 2 rings (SSSR count). The number of amides is 1. The van der Waals surface area contributed by atoms with Crippen LogP contribution in [0.15, 0.2) is 29.2 Å². The summed E-state index contributed by atoms with van der Waals surface area (Å²) in [6.07, 6.45) is 1.83. The first kappa shape index (κ1) is 20.4. The molecule has 26 heavy (non-hydrogen) atoms. The summed E-state index contributed by atoms with van der Waals surface area (Å²) in [5.41, 5.74) is -0.598. The second-order valence-electron chi connectivity index (χ2n) is 7.15. The molecule has 0 aromatic heterocycles. The number of carbonyl (C=O) groups is 2. The van der Waals surface area contributed by atoms with Crippen molar-refractivity contribution in [2.24, 2.45) is 5.41 Å². The van der Waals surface area contributed by atoms with E-state index in [1.54, 1.807) is 13.8 Å². The van der Waals surface area contributed by atoms with Crippen LogP contribution < -0.4 is 4.72 Å². The average Bonchev–Trinajstić information content (AvgIpc) is 2.60. The first-order valence-corrected chi connectivity index (χ1v) is 10.2. The molecule has 1 aliphatic rings. The molecule has 8 heteroatoms. The van der Waals surface area contributed by atoms with Gasteiger partial charge in [-0.1, -0.05) is 6.92 Å². The predicted octanol–water partition coefficient (Wildman–Crippen LogP) is 2.09. The molecule has 144 valence electrons. The van der Waals surface area contributed by atoms with Crippen molar-refractivity contribution in [3.8, 4) is 0 Å². The quantitative estimate of drug-likeness (QED) is 0.784. The summed E-state index contributed by atoms with van der Waals surface area (Å²) < 4.78 is 27.1. The number of nitrogens with one attached hydrogen (secondary N) is 1. The van der Waals surface area contributed by atoms with Crippen LogP contribution in [0.4, 0.5) is 0 Å². The van der Waals surface area contributed by atoms with E-state index in [2.05, 4.69) is 4.72 Å². The van der Waals surface area contributed by atoms with Gasteiger partial charge in [0, 0.05) is 24.7 Å². The first-order chi connectivity index (χ1) is 12.1. The van der Waals surface area contributed by atoms with Crippen LogP contribution in [-0.2, 0) is 14.8 Å². The van der Waals surface area contributed by atoms with Gasteiger partial charge < -0.3 is 10.0 Å². The van der Waals surface area contributed by atoms with Crippen LogP contribution in [0.25, 0.3) is 0 Å². The van der Waals surface area contributed by atoms with Gasteiger partial charge in [0.05, 0.1) is 10.3 Å². The molecule has 1 aromatic rings. The van der Waals surface area contributed by atoms with E-state index >= 15 is 0 Å². The van der Waals surface area contributed by atoms with E-state index in [0.717, 1.165) is 0 Å². The monoisotopic (exact) mass is 382 g/mol. The Morgan fingerprint density at radius 2 is 1.92 bits per heavy atom. The van der Waals surface area contributed by atoms with Crippen LogP contribution in [0.3, 0.4) is 0 Å². The maximum Gasteiger partial charge on any atom is 0.311 e. The number of carboxylic acids is 1. The number of carboxylic acid groups (broad SMARTS) is 1. The number of sulfonamides is 1. The third kappa shape index (κ3) is 4.42. The Morgan fingerprint density at radius 3 is 2.46 bits per heavy atom. The highest BCUT2D eigenvalue weighted by Gasteiger charge is 2.39. The second kappa shape index (κ2) is 7.75. The third-order valence-corrected chi connectivity index (χ3v) is 6.49. The van der Waals surface area contributed by atoms with Crippen LogP contribution in [0, 0.1) is 5.41 Å². The molecule has 7 nitrogen and oxygen atoms in total. The molecular weight excluding hydrogens is 356 g/mol. The van der Waals surface area contributed by atoms with Crippen molar-refractivity contribution in [1.29, 1.82) is 0 Å². The molecule has 0 spiro atoms. The Balaban J connectivity index is 2.15. The molecule has 1 aromatic carbocycles. The third-order valence-electron chi connectivity index (χ3n) is 4.88. The van der Waals surface area contributed by atoms with Crippen molar-refractivity contribution in [1.82, 2.24) is 9.62 Å². The molecule has 1 fully saturated rings. The van der Waals surface area contributed by atoms with Gasteiger partial charge in [0.2, 0.25) is 10.0 Å². The van der Waals surface area contributed by atoms with Crippen LogP contribution in [0.2, 0.25) is 0 Å². The number of aliphatic carboxylic acids is 1. The lowest BCUT2D eigenvalue weighted by Gasteiger charge is -2.37. The molecule has 0 bridgehead atoms. The van der Waals surface area contributed by atoms with E-state index in [9.17, 15) is 23.1 Å². The zero-order valence-corrected chi connectivity index (χ0v) is 16.2. The highest BCUT2D eigenvalue weighted by molar-refractivity contribution is 7.89. The molecule has 0 saturated carbocycles. The molecule has 0 radical (unpaired) electrons. The van der Waals surface area contributed by atoms with Crippen molar-refractivity contribution in [3.63, 3.8) is 0 Å². The number of carbonyl (C=O) groups excluding carboxylic acids is 1. The minimum absolute atomic E-state index is 0.100. The molecule has 2 atom stereocenters. The van der Waals surface area contributed by atoms with Gasteiger partial charge in [0.15, 0.2) is 0 Å². The van der Waals surface area contributed by atoms with E-state index < -0.39 is 21.4 Å². The number of benzene rings is 1. The number of piperidine rings is 1. The van der Waals surface area contributed by atoms with Crippen LogP contribution in [-0.4, -0.2) is 49.4 Å². The normalized spacial score (nSPS) is 22.0. The van der Waals surface area contributed by atoms with Crippen molar-refractivity contribution in [2.45, 2.75) is 51.0 Å². The lowest BCUT2D eigenvalue weighted by molar-refractivity contribution is -0.150. The van der Waals surface area contributed by atoms with E-state index in [-0.39, 0.29) is 23.4 Å².